The molecular formula is C18H19BrClN. The summed E-state index contributed by atoms with van der Waals surface area (Å²) < 4.78 is 0.951. The predicted octanol–water partition coefficient (Wildman–Crippen LogP) is 6.24. The first-order chi connectivity index (χ1) is 10.2. The van der Waals surface area contributed by atoms with Crippen LogP contribution in [0.25, 0.3) is 0 Å². The lowest BCUT2D eigenvalue weighted by atomic mass is 9.82. The Bertz CT molecular complexity index is 591. The summed E-state index contributed by atoms with van der Waals surface area (Å²) in [6.07, 6.45) is 4.96. The van der Waals surface area contributed by atoms with E-state index < -0.39 is 0 Å². The minimum Gasteiger partial charge on any atom is -0.382 e. The molecular weight excluding hydrogens is 346 g/mol. The molecule has 0 saturated heterocycles. The Kier molecular flexibility index (Phi) is 4.87. The predicted molar refractivity (Wildman–Crippen MR) is 94.2 cm³/mol. The minimum absolute atomic E-state index is 0.568. The number of halogens is 2. The van der Waals surface area contributed by atoms with E-state index in [9.17, 15) is 0 Å². The smallest absolute Gasteiger partial charge is 0.0549 e. The van der Waals surface area contributed by atoms with Gasteiger partial charge < -0.3 is 5.32 Å². The Hall–Kier alpha value is -0.990. The van der Waals surface area contributed by atoms with Crippen LogP contribution in [0.3, 0.4) is 0 Å². The van der Waals surface area contributed by atoms with Gasteiger partial charge in [-0.05, 0) is 71.3 Å². The van der Waals surface area contributed by atoms with Crippen molar-refractivity contribution in [3.63, 3.8) is 0 Å². The van der Waals surface area contributed by atoms with Gasteiger partial charge >= 0.3 is 0 Å². The fraction of sp³-hybridized carbons (Fsp3) is 0.333. The quantitative estimate of drug-likeness (QED) is 0.679. The molecule has 1 fully saturated rings. The van der Waals surface area contributed by atoms with Gasteiger partial charge in [0, 0.05) is 16.2 Å². The van der Waals surface area contributed by atoms with E-state index in [0.29, 0.717) is 6.04 Å². The Labute approximate surface area is 139 Å². The maximum absolute atomic E-state index is 6.04. The average molecular weight is 365 g/mol. The lowest BCUT2D eigenvalue weighted by molar-refractivity contribution is 0.412. The van der Waals surface area contributed by atoms with Gasteiger partial charge in [-0.1, -0.05) is 41.9 Å². The van der Waals surface area contributed by atoms with Crippen molar-refractivity contribution in [1.29, 1.82) is 0 Å². The minimum atomic E-state index is 0.568. The molecule has 1 aliphatic carbocycles. The summed E-state index contributed by atoms with van der Waals surface area (Å²) in [5.41, 5.74) is 2.64. The van der Waals surface area contributed by atoms with Gasteiger partial charge in [0.1, 0.15) is 0 Å². The monoisotopic (exact) mass is 363 g/mol. The van der Waals surface area contributed by atoms with Crippen LogP contribution in [0.4, 0.5) is 5.69 Å². The number of benzene rings is 2. The van der Waals surface area contributed by atoms with Crippen molar-refractivity contribution < 1.29 is 0 Å². The van der Waals surface area contributed by atoms with E-state index >= 15 is 0 Å². The van der Waals surface area contributed by atoms with Crippen LogP contribution in [0.5, 0.6) is 0 Å². The fourth-order valence-corrected chi connectivity index (χ4v) is 3.61. The first kappa shape index (κ1) is 14.9. The molecule has 21 heavy (non-hydrogen) atoms. The molecule has 3 heteroatoms. The van der Waals surface area contributed by atoms with Gasteiger partial charge in [0.15, 0.2) is 0 Å². The SMILES string of the molecule is Clc1ccc(NC2CCC(c3ccccc3)CC2)cc1Br. The van der Waals surface area contributed by atoms with Gasteiger partial charge in [-0.25, -0.2) is 0 Å². The van der Waals surface area contributed by atoms with Crippen molar-refractivity contribution in [3.05, 3.63) is 63.6 Å². The Morgan fingerprint density at radius 1 is 0.952 bits per heavy atom. The molecule has 0 amide bonds. The maximum Gasteiger partial charge on any atom is 0.0549 e. The molecule has 0 bridgehead atoms. The second-order valence-corrected chi connectivity index (χ2v) is 6.99. The third-order valence-electron chi connectivity index (χ3n) is 4.29. The molecule has 0 unspecified atom stereocenters. The number of hydrogen-bond acceptors (Lipinski definition) is 1. The van der Waals surface area contributed by atoms with Crippen LogP contribution < -0.4 is 5.32 Å². The molecule has 0 radical (unpaired) electrons. The van der Waals surface area contributed by atoms with Gasteiger partial charge in [0.2, 0.25) is 0 Å². The summed E-state index contributed by atoms with van der Waals surface area (Å²) in [4.78, 5) is 0. The molecule has 1 saturated carbocycles. The lowest BCUT2D eigenvalue weighted by Crippen LogP contribution is -2.25. The molecule has 0 aromatic heterocycles. The first-order valence-corrected chi connectivity index (χ1v) is 8.66. The van der Waals surface area contributed by atoms with E-state index in [1.54, 1.807) is 0 Å². The highest BCUT2D eigenvalue weighted by Gasteiger charge is 2.22. The highest BCUT2D eigenvalue weighted by atomic mass is 79.9. The van der Waals surface area contributed by atoms with E-state index in [1.807, 2.05) is 6.07 Å². The van der Waals surface area contributed by atoms with E-state index in [-0.39, 0.29) is 0 Å². The molecule has 2 aromatic carbocycles. The molecule has 2 aromatic rings. The zero-order valence-electron chi connectivity index (χ0n) is 11.9. The zero-order valence-corrected chi connectivity index (χ0v) is 14.2. The van der Waals surface area contributed by atoms with E-state index in [4.69, 9.17) is 11.6 Å². The van der Waals surface area contributed by atoms with Gasteiger partial charge in [0.05, 0.1) is 5.02 Å². The molecule has 0 atom stereocenters. The Morgan fingerprint density at radius 2 is 1.67 bits per heavy atom. The van der Waals surface area contributed by atoms with Crippen LogP contribution in [0.2, 0.25) is 5.02 Å². The van der Waals surface area contributed by atoms with Gasteiger partial charge in [-0.15, -0.1) is 0 Å². The molecule has 0 spiro atoms. The summed E-state index contributed by atoms with van der Waals surface area (Å²) in [5, 5.41) is 4.39. The normalized spacial score (nSPS) is 22.0. The highest BCUT2D eigenvalue weighted by molar-refractivity contribution is 9.10. The van der Waals surface area contributed by atoms with Crippen LogP contribution in [0.15, 0.2) is 53.0 Å². The summed E-state index contributed by atoms with van der Waals surface area (Å²) in [5.74, 6) is 0.723. The molecule has 0 heterocycles. The lowest BCUT2D eigenvalue weighted by Gasteiger charge is -2.30. The first-order valence-electron chi connectivity index (χ1n) is 7.49. The Morgan fingerprint density at radius 3 is 2.33 bits per heavy atom. The topological polar surface area (TPSA) is 12.0 Å². The van der Waals surface area contributed by atoms with E-state index in [0.717, 1.165) is 21.1 Å². The van der Waals surface area contributed by atoms with Crippen LogP contribution in [-0.4, -0.2) is 6.04 Å². The highest BCUT2D eigenvalue weighted by Crippen LogP contribution is 2.34. The number of anilines is 1. The van der Waals surface area contributed by atoms with E-state index in [2.05, 4.69) is 63.7 Å². The van der Waals surface area contributed by atoms with Crippen LogP contribution in [0, 0.1) is 0 Å². The second-order valence-electron chi connectivity index (χ2n) is 5.73. The zero-order chi connectivity index (χ0) is 14.7. The van der Waals surface area contributed by atoms with Crippen molar-refractivity contribution in [1.82, 2.24) is 0 Å². The number of rotatable bonds is 3. The molecule has 1 nitrogen and oxygen atoms in total. The number of nitrogens with one attached hydrogen (secondary N) is 1. The van der Waals surface area contributed by atoms with Crippen molar-refractivity contribution in [3.8, 4) is 0 Å². The number of hydrogen-bond donors (Lipinski definition) is 1. The maximum atomic E-state index is 6.04. The van der Waals surface area contributed by atoms with Gasteiger partial charge in [-0.3, -0.25) is 0 Å². The summed E-state index contributed by atoms with van der Waals surface area (Å²) in [6, 6.07) is 17.5. The third-order valence-corrected chi connectivity index (χ3v) is 5.50. The van der Waals surface area contributed by atoms with Crippen LogP contribution in [-0.2, 0) is 0 Å². The molecule has 0 aliphatic heterocycles. The fourth-order valence-electron chi connectivity index (χ4n) is 3.12. The standard InChI is InChI=1S/C18H19BrClN/c19-17-12-16(10-11-18(17)20)21-15-8-6-14(7-9-15)13-4-2-1-3-5-13/h1-5,10-12,14-15,21H,6-9H2. The van der Waals surface area contributed by atoms with Crippen molar-refractivity contribution in [2.75, 3.05) is 5.32 Å². The van der Waals surface area contributed by atoms with Crippen molar-refractivity contribution >= 4 is 33.2 Å². The molecule has 1 N–H and O–H groups in total. The van der Waals surface area contributed by atoms with Crippen molar-refractivity contribution in [2.24, 2.45) is 0 Å². The molecule has 110 valence electrons. The van der Waals surface area contributed by atoms with Gasteiger partial charge in [-0.2, -0.15) is 0 Å². The van der Waals surface area contributed by atoms with E-state index in [1.165, 1.54) is 31.2 Å². The summed E-state index contributed by atoms with van der Waals surface area (Å²) in [6.45, 7) is 0. The van der Waals surface area contributed by atoms with Crippen molar-refractivity contribution in [2.45, 2.75) is 37.6 Å². The largest absolute Gasteiger partial charge is 0.382 e. The summed E-state index contributed by atoms with van der Waals surface area (Å²) >= 11 is 9.51. The van der Waals surface area contributed by atoms with Gasteiger partial charge in [0.25, 0.3) is 0 Å². The Balaban J connectivity index is 1.57. The summed E-state index contributed by atoms with van der Waals surface area (Å²) in [7, 11) is 0. The molecule has 3 rings (SSSR count). The van der Waals surface area contributed by atoms with Crippen LogP contribution in [0.1, 0.15) is 37.2 Å². The average Bonchev–Trinajstić information content (AvgIpc) is 2.53. The molecule has 1 aliphatic rings. The second kappa shape index (κ2) is 6.85. The van der Waals surface area contributed by atoms with Crippen LogP contribution >= 0.6 is 27.5 Å². The third kappa shape index (κ3) is 3.81.